The minimum atomic E-state index is -1.09. The van der Waals surface area contributed by atoms with Crippen LogP contribution in [0.2, 0.25) is 5.02 Å². The van der Waals surface area contributed by atoms with E-state index in [1.54, 1.807) is 42.5 Å². The fourth-order valence-electron chi connectivity index (χ4n) is 2.86. The first kappa shape index (κ1) is 22.7. The number of carbonyl (C=O) groups is 2. The number of aromatic hydroxyl groups is 1. The second kappa shape index (κ2) is 9.88. The van der Waals surface area contributed by atoms with Gasteiger partial charge in [-0.3, -0.25) is 14.5 Å². The van der Waals surface area contributed by atoms with E-state index in [1.165, 1.54) is 29.9 Å². The summed E-state index contributed by atoms with van der Waals surface area (Å²) >= 11 is 6.14. The van der Waals surface area contributed by atoms with Crippen molar-refractivity contribution in [1.82, 2.24) is 9.88 Å². The monoisotopic (exact) mass is 457 g/mol. The van der Waals surface area contributed by atoms with Crippen LogP contribution in [0.25, 0.3) is 0 Å². The van der Waals surface area contributed by atoms with E-state index in [-0.39, 0.29) is 24.3 Å². The van der Waals surface area contributed by atoms with Crippen LogP contribution in [-0.4, -0.2) is 33.3 Å². The van der Waals surface area contributed by atoms with Crippen LogP contribution in [0.5, 0.6) is 17.2 Å². The number of anilines is 2. The van der Waals surface area contributed by atoms with Gasteiger partial charge >= 0.3 is 12.0 Å². The van der Waals surface area contributed by atoms with Gasteiger partial charge in [0.1, 0.15) is 17.2 Å². The highest BCUT2D eigenvalue weighted by Crippen LogP contribution is 2.34. The number of hydrogen-bond acceptors (Lipinski definition) is 5. The van der Waals surface area contributed by atoms with Gasteiger partial charge in [-0.05, 0) is 30.3 Å². The highest BCUT2D eigenvalue weighted by Gasteiger charge is 2.25. The summed E-state index contributed by atoms with van der Waals surface area (Å²) in [6.45, 7) is -0.172. The molecule has 0 aliphatic rings. The number of urea groups is 1. The Labute approximate surface area is 188 Å². The zero-order chi connectivity index (χ0) is 23.3. The fourth-order valence-corrected chi connectivity index (χ4v) is 3.03. The van der Waals surface area contributed by atoms with Gasteiger partial charge in [0.25, 0.3) is 5.56 Å². The van der Waals surface area contributed by atoms with Crippen LogP contribution in [0.4, 0.5) is 16.2 Å². The average Bonchev–Trinajstić information content (AvgIpc) is 2.75. The van der Waals surface area contributed by atoms with Crippen molar-refractivity contribution in [3.63, 3.8) is 0 Å². The summed E-state index contributed by atoms with van der Waals surface area (Å²) in [4.78, 5) is 37.5. The number of nitrogens with zero attached hydrogens (tertiary/aromatic N) is 2. The Morgan fingerprint density at radius 1 is 1.16 bits per heavy atom. The lowest BCUT2D eigenvalue weighted by molar-refractivity contribution is -0.136. The molecule has 3 aromatic rings. The van der Waals surface area contributed by atoms with E-state index < -0.39 is 23.3 Å². The van der Waals surface area contributed by atoms with Crippen molar-refractivity contribution in [2.75, 3.05) is 11.4 Å². The van der Waals surface area contributed by atoms with E-state index in [1.807, 2.05) is 0 Å². The fraction of sp³-hybridized carbons (Fsp3) is 0.136. The highest BCUT2D eigenvalue weighted by atomic mass is 35.5. The van der Waals surface area contributed by atoms with Crippen LogP contribution >= 0.6 is 11.6 Å². The number of ether oxygens (including phenoxy) is 1. The molecule has 9 nitrogen and oxygen atoms in total. The third-order valence-electron chi connectivity index (χ3n) is 4.40. The molecule has 3 N–H and O–H groups in total. The molecule has 0 saturated heterocycles. The number of aryl methyl sites for hydroxylation is 1. The molecule has 1 aromatic heterocycles. The predicted molar refractivity (Wildman–Crippen MR) is 119 cm³/mol. The molecule has 1 heterocycles. The summed E-state index contributed by atoms with van der Waals surface area (Å²) in [6, 6.07) is 13.6. The van der Waals surface area contributed by atoms with Crippen LogP contribution in [0.15, 0.2) is 65.6 Å². The van der Waals surface area contributed by atoms with Crippen molar-refractivity contribution >= 4 is 35.0 Å². The van der Waals surface area contributed by atoms with Gasteiger partial charge in [-0.25, -0.2) is 4.79 Å². The van der Waals surface area contributed by atoms with Gasteiger partial charge in [-0.2, -0.15) is 0 Å². The predicted octanol–water partition coefficient (Wildman–Crippen LogP) is 3.86. The molecule has 0 fully saturated rings. The Balaban J connectivity index is 2.03. The zero-order valence-corrected chi connectivity index (χ0v) is 17.7. The summed E-state index contributed by atoms with van der Waals surface area (Å²) in [7, 11) is 1.47. The van der Waals surface area contributed by atoms with Gasteiger partial charge in [0.2, 0.25) is 0 Å². The van der Waals surface area contributed by atoms with Crippen molar-refractivity contribution in [2.45, 2.75) is 6.42 Å². The molecule has 0 radical (unpaired) electrons. The number of para-hydroxylation sites is 1. The Bertz CT molecular complexity index is 1210. The number of pyridine rings is 1. The molecule has 0 saturated carbocycles. The molecular formula is C22H20ClN3O6. The highest BCUT2D eigenvalue weighted by molar-refractivity contribution is 6.32. The Morgan fingerprint density at radius 2 is 1.91 bits per heavy atom. The Morgan fingerprint density at radius 3 is 2.62 bits per heavy atom. The number of benzene rings is 2. The third kappa shape index (κ3) is 5.19. The largest absolute Gasteiger partial charge is 0.505 e. The maximum absolute atomic E-state index is 13.0. The summed E-state index contributed by atoms with van der Waals surface area (Å²) < 4.78 is 7.00. The van der Waals surface area contributed by atoms with Gasteiger partial charge in [0.05, 0.1) is 17.1 Å². The van der Waals surface area contributed by atoms with Gasteiger partial charge in [-0.1, -0.05) is 29.8 Å². The number of carboxylic acid groups (broad SMARTS) is 1. The first-order chi connectivity index (χ1) is 15.3. The number of carbonyl (C=O) groups excluding carboxylic acids is 1. The maximum Gasteiger partial charge on any atom is 0.326 e. The lowest BCUT2D eigenvalue weighted by atomic mass is 10.2. The quantitative estimate of drug-likeness (QED) is 0.495. The molecule has 0 spiro atoms. The summed E-state index contributed by atoms with van der Waals surface area (Å²) in [5.74, 6) is -0.794. The van der Waals surface area contributed by atoms with Crippen LogP contribution in [0.1, 0.15) is 6.42 Å². The number of nitrogens with one attached hydrogen (secondary N) is 1. The molecule has 2 amide bonds. The van der Waals surface area contributed by atoms with E-state index in [9.17, 15) is 19.5 Å². The van der Waals surface area contributed by atoms with Crippen molar-refractivity contribution in [2.24, 2.45) is 7.05 Å². The second-order valence-corrected chi connectivity index (χ2v) is 7.11. The molecule has 166 valence electrons. The van der Waals surface area contributed by atoms with Gasteiger partial charge < -0.3 is 24.8 Å². The van der Waals surface area contributed by atoms with E-state index in [0.29, 0.717) is 16.5 Å². The van der Waals surface area contributed by atoms with Crippen LogP contribution in [0, 0.1) is 0 Å². The van der Waals surface area contributed by atoms with Gasteiger partial charge in [0.15, 0.2) is 5.69 Å². The standard InChI is InChI=1S/C22H20ClN3O6/c1-25-12-10-17(27)20(21(25)30)26(22(31)24-11-9-19(28)29)14-5-4-6-15(13-14)32-18-8-3-2-7-16(18)23/h2-8,10,12-13,27H,9,11H2,1H3,(H,24,31)(H,28,29). The average molecular weight is 458 g/mol. The lowest BCUT2D eigenvalue weighted by Gasteiger charge is -2.24. The first-order valence-corrected chi connectivity index (χ1v) is 9.86. The van der Waals surface area contributed by atoms with Gasteiger partial charge in [-0.15, -0.1) is 0 Å². The molecule has 0 aliphatic carbocycles. The topological polar surface area (TPSA) is 121 Å². The first-order valence-electron chi connectivity index (χ1n) is 9.48. The second-order valence-electron chi connectivity index (χ2n) is 6.71. The van der Waals surface area contributed by atoms with Crippen molar-refractivity contribution in [3.8, 4) is 17.2 Å². The number of hydrogen-bond donors (Lipinski definition) is 3. The van der Waals surface area contributed by atoms with Crippen molar-refractivity contribution in [3.05, 3.63) is 76.2 Å². The number of rotatable bonds is 7. The van der Waals surface area contributed by atoms with Crippen LogP contribution < -0.4 is 20.5 Å². The molecule has 10 heteroatoms. The van der Waals surface area contributed by atoms with Crippen LogP contribution in [0.3, 0.4) is 0 Å². The molecule has 0 bridgehead atoms. The number of carboxylic acids is 1. The molecule has 0 atom stereocenters. The van der Waals surface area contributed by atoms with Crippen molar-refractivity contribution < 1.29 is 24.5 Å². The van der Waals surface area contributed by atoms with E-state index in [4.69, 9.17) is 21.4 Å². The molecule has 2 aromatic carbocycles. The number of aliphatic carboxylic acids is 1. The maximum atomic E-state index is 13.0. The molecule has 0 aliphatic heterocycles. The van der Waals surface area contributed by atoms with E-state index >= 15 is 0 Å². The number of aromatic nitrogens is 1. The Kier molecular flexibility index (Phi) is 7.01. The smallest absolute Gasteiger partial charge is 0.326 e. The summed E-state index contributed by atoms with van der Waals surface area (Å²) in [5, 5.41) is 22.0. The summed E-state index contributed by atoms with van der Waals surface area (Å²) in [5.41, 5.74) is -0.713. The van der Waals surface area contributed by atoms with E-state index in [2.05, 4.69) is 5.32 Å². The lowest BCUT2D eigenvalue weighted by Crippen LogP contribution is -2.41. The van der Waals surface area contributed by atoms with E-state index in [0.717, 1.165) is 4.90 Å². The molecule has 32 heavy (non-hydrogen) atoms. The van der Waals surface area contributed by atoms with Gasteiger partial charge in [0, 0.05) is 25.9 Å². The number of amides is 2. The molecular weight excluding hydrogens is 438 g/mol. The third-order valence-corrected chi connectivity index (χ3v) is 4.72. The van der Waals surface area contributed by atoms with Crippen molar-refractivity contribution in [1.29, 1.82) is 0 Å². The summed E-state index contributed by atoms with van der Waals surface area (Å²) in [6.07, 6.45) is 1.05. The minimum absolute atomic E-state index is 0.172. The Hall–Kier alpha value is -3.98. The SMILES string of the molecule is Cn1ccc(O)c(N(C(=O)NCCC(=O)O)c2cccc(Oc3ccccc3Cl)c2)c1=O. The molecule has 3 rings (SSSR count). The number of halogens is 1. The minimum Gasteiger partial charge on any atom is -0.505 e. The molecule has 0 unspecified atom stereocenters. The normalized spacial score (nSPS) is 10.4. The zero-order valence-electron chi connectivity index (χ0n) is 17.0. The van der Waals surface area contributed by atoms with Crippen LogP contribution in [-0.2, 0) is 11.8 Å².